The maximum absolute atomic E-state index is 12.0. The van der Waals surface area contributed by atoms with Gasteiger partial charge in [0.2, 0.25) is 0 Å². The third kappa shape index (κ3) is 2.68. The smallest absolute Gasteiger partial charge is 0.304 e. The summed E-state index contributed by atoms with van der Waals surface area (Å²) in [6, 6.07) is 5.20. The largest absolute Gasteiger partial charge is 0.481 e. The van der Waals surface area contributed by atoms with Gasteiger partial charge in [-0.05, 0) is 30.2 Å². The third-order valence-electron chi connectivity index (χ3n) is 2.95. The highest BCUT2D eigenvalue weighted by atomic mass is 16.6. The Morgan fingerprint density at radius 2 is 2.28 bits per heavy atom. The van der Waals surface area contributed by atoms with Crippen LogP contribution in [0.1, 0.15) is 29.3 Å². The summed E-state index contributed by atoms with van der Waals surface area (Å²) >= 11 is 0. The molecule has 1 aliphatic heterocycles. The van der Waals surface area contributed by atoms with Crippen molar-refractivity contribution in [1.29, 1.82) is 0 Å². The van der Waals surface area contributed by atoms with Crippen molar-refractivity contribution >= 4 is 11.8 Å². The molecule has 0 aromatic heterocycles. The van der Waals surface area contributed by atoms with E-state index in [4.69, 9.17) is 9.94 Å². The van der Waals surface area contributed by atoms with Crippen LogP contribution in [0.25, 0.3) is 0 Å². The number of nitrogens with one attached hydrogen (secondary N) is 1. The Morgan fingerprint density at radius 1 is 1.50 bits per heavy atom. The Bertz CT molecular complexity index is 484. The van der Waals surface area contributed by atoms with Crippen molar-refractivity contribution in [2.24, 2.45) is 5.92 Å². The van der Waals surface area contributed by atoms with Crippen LogP contribution in [0.4, 0.5) is 0 Å². The molecule has 1 unspecified atom stereocenters. The first kappa shape index (κ1) is 12.6. The lowest BCUT2D eigenvalue weighted by molar-refractivity contribution is -0.137. The van der Waals surface area contributed by atoms with Gasteiger partial charge in [-0.1, -0.05) is 6.92 Å². The van der Waals surface area contributed by atoms with Gasteiger partial charge in [0, 0.05) is 18.0 Å². The summed E-state index contributed by atoms with van der Waals surface area (Å²) in [7, 11) is 0. The number of hydrogen-bond donors (Lipinski definition) is 2. The number of fused-ring (bicyclic) bond motifs is 1. The maximum Gasteiger partial charge on any atom is 0.304 e. The molecule has 5 nitrogen and oxygen atoms in total. The number of carbonyl (C=O) groups excluding carboxylic acids is 1. The van der Waals surface area contributed by atoms with Gasteiger partial charge in [0.15, 0.2) is 5.78 Å². The molecule has 1 aromatic rings. The van der Waals surface area contributed by atoms with Crippen molar-refractivity contribution in [2.75, 3.05) is 6.54 Å². The van der Waals surface area contributed by atoms with Crippen LogP contribution in [-0.4, -0.2) is 23.4 Å². The normalized spacial score (nSPS) is 15.4. The molecule has 1 heterocycles. The number of carboxylic acids is 1. The summed E-state index contributed by atoms with van der Waals surface area (Å²) in [6.07, 6.45) is 0.651. The molecule has 1 aliphatic rings. The molecule has 2 rings (SSSR count). The van der Waals surface area contributed by atoms with Crippen LogP contribution in [0.3, 0.4) is 0 Å². The zero-order valence-corrected chi connectivity index (χ0v) is 10.1. The number of benzene rings is 1. The summed E-state index contributed by atoms with van der Waals surface area (Å²) in [5.41, 5.74) is 4.30. The molecule has 0 bridgehead atoms. The van der Waals surface area contributed by atoms with E-state index in [1.807, 2.05) is 0 Å². The lowest BCUT2D eigenvalue weighted by Gasteiger charge is -2.18. The molecule has 18 heavy (non-hydrogen) atoms. The van der Waals surface area contributed by atoms with Crippen LogP contribution in [-0.2, 0) is 11.2 Å². The van der Waals surface area contributed by atoms with E-state index >= 15 is 0 Å². The molecule has 96 valence electrons. The highest BCUT2D eigenvalue weighted by molar-refractivity contribution is 5.99. The van der Waals surface area contributed by atoms with E-state index in [9.17, 15) is 9.59 Å². The quantitative estimate of drug-likeness (QED) is 0.789. The Hall–Kier alpha value is -1.88. The van der Waals surface area contributed by atoms with Gasteiger partial charge >= 0.3 is 5.97 Å². The average molecular weight is 249 g/mol. The molecule has 0 saturated carbocycles. The molecule has 0 amide bonds. The fourth-order valence-electron chi connectivity index (χ4n) is 1.98. The minimum atomic E-state index is -0.957. The fourth-order valence-corrected chi connectivity index (χ4v) is 1.98. The summed E-state index contributed by atoms with van der Waals surface area (Å²) in [5, 5.41) is 8.69. The molecule has 0 aliphatic carbocycles. The average Bonchev–Trinajstić information content (AvgIpc) is 2.36. The van der Waals surface area contributed by atoms with Crippen LogP contribution in [0.2, 0.25) is 0 Å². The zero-order valence-electron chi connectivity index (χ0n) is 10.1. The van der Waals surface area contributed by atoms with E-state index < -0.39 is 11.9 Å². The van der Waals surface area contributed by atoms with Gasteiger partial charge in [-0.3, -0.25) is 9.59 Å². The van der Waals surface area contributed by atoms with Crippen molar-refractivity contribution in [2.45, 2.75) is 19.8 Å². The number of carboxylic acid groups (broad SMARTS) is 1. The van der Waals surface area contributed by atoms with Gasteiger partial charge in [-0.2, -0.15) is 5.48 Å². The number of ketones is 1. The van der Waals surface area contributed by atoms with Crippen molar-refractivity contribution in [3.63, 3.8) is 0 Å². The second-order valence-electron chi connectivity index (χ2n) is 4.43. The van der Waals surface area contributed by atoms with Gasteiger partial charge in [-0.15, -0.1) is 0 Å². The van der Waals surface area contributed by atoms with E-state index in [2.05, 4.69) is 5.48 Å². The lowest BCUT2D eigenvalue weighted by Crippen LogP contribution is -2.27. The Labute approximate surface area is 105 Å². The van der Waals surface area contributed by atoms with Gasteiger partial charge in [-0.25, -0.2) is 0 Å². The third-order valence-corrected chi connectivity index (χ3v) is 2.95. The molecule has 1 aromatic carbocycles. The molecular formula is C13H15NO4. The SMILES string of the molecule is CC(CC(=O)O)C(=O)c1ccc2c(c1)CCNO2. The maximum atomic E-state index is 12.0. The minimum Gasteiger partial charge on any atom is -0.481 e. The van der Waals surface area contributed by atoms with E-state index in [0.29, 0.717) is 12.1 Å². The van der Waals surface area contributed by atoms with Crippen molar-refractivity contribution in [3.8, 4) is 5.75 Å². The Balaban J connectivity index is 2.18. The molecular weight excluding hydrogens is 234 g/mol. The van der Waals surface area contributed by atoms with Gasteiger partial charge in [0.05, 0.1) is 6.42 Å². The second kappa shape index (κ2) is 5.18. The van der Waals surface area contributed by atoms with E-state index in [-0.39, 0.29) is 12.2 Å². The summed E-state index contributed by atoms with van der Waals surface area (Å²) in [5.74, 6) is -0.882. The Kier molecular flexibility index (Phi) is 3.62. The first-order chi connectivity index (χ1) is 8.58. The topological polar surface area (TPSA) is 75.6 Å². The summed E-state index contributed by atoms with van der Waals surface area (Å²) < 4.78 is 0. The number of hydroxylamine groups is 1. The molecule has 2 N–H and O–H groups in total. The van der Waals surface area contributed by atoms with Crippen LogP contribution in [0, 0.1) is 5.92 Å². The summed E-state index contributed by atoms with van der Waals surface area (Å²) in [4.78, 5) is 27.9. The highest BCUT2D eigenvalue weighted by Gasteiger charge is 2.20. The molecule has 0 fully saturated rings. The van der Waals surface area contributed by atoms with Crippen molar-refractivity contribution < 1.29 is 19.5 Å². The van der Waals surface area contributed by atoms with E-state index in [1.54, 1.807) is 25.1 Å². The van der Waals surface area contributed by atoms with Crippen LogP contribution >= 0.6 is 0 Å². The van der Waals surface area contributed by atoms with Gasteiger partial charge in [0.25, 0.3) is 0 Å². The first-order valence-corrected chi connectivity index (χ1v) is 5.86. The zero-order chi connectivity index (χ0) is 13.1. The van der Waals surface area contributed by atoms with E-state index in [0.717, 1.165) is 17.7 Å². The molecule has 1 atom stereocenters. The monoisotopic (exact) mass is 249 g/mol. The molecule has 5 heteroatoms. The van der Waals surface area contributed by atoms with Gasteiger partial charge in [0.1, 0.15) is 5.75 Å². The van der Waals surface area contributed by atoms with Gasteiger partial charge < -0.3 is 9.94 Å². The van der Waals surface area contributed by atoms with Crippen LogP contribution in [0.15, 0.2) is 18.2 Å². The van der Waals surface area contributed by atoms with Crippen molar-refractivity contribution in [3.05, 3.63) is 29.3 Å². The standard InChI is InChI=1S/C13H15NO4/c1-8(6-12(15)16)13(17)10-2-3-11-9(7-10)4-5-14-18-11/h2-3,7-8,14H,4-6H2,1H3,(H,15,16). The number of aliphatic carboxylic acids is 1. The summed E-state index contributed by atoms with van der Waals surface area (Å²) in [6.45, 7) is 2.34. The number of rotatable bonds is 4. The van der Waals surface area contributed by atoms with Crippen LogP contribution < -0.4 is 10.3 Å². The number of carbonyl (C=O) groups is 2. The molecule has 0 saturated heterocycles. The number of Topliss-reactive ketones (excluding diaryl/α,β-unsaturated/α-hetero) is 1. The predicted octanol–water partition coefficient (Wildman–Crippen LogP) is 1.42. The first-order valence-electron chi connectivity index (χ1n) is 5.86. The van der Waals surface area contributed by atoms with E-state index in [1.165, 1.54) is 0 Å². The van der Waals surface area contributed by atoms with Crippen LogP contribution in [0.5, 0.6) is 5.75 Å². The minimum absolute atomic E-state index is 0.140. The molecule has 0 radical (unpaired) electrons. The fraction of sp³-hybridized carbons (Fsp3) is 0.385. The van der Waals surface area contributed by atoms with Crippen molar-refractivity contribution in [1.82, 2.24) is 5.48 Å². The predicted molar refractivity (Wildman–Crippen MR) is 64.5 cm³/mol. The second-order valence-corrected chi connectivity index (χ2v) is 4.43. The number of hydrogen-bond acceptors (Lipinski definition) is 4. The lowest BCUT2D eigenvalue weighted by atomic mass is 9.94. The molecule has 0 spiro atoms. The highest BCUT2D eigenvalue weighted by Crippen LogP contribution is 2.24. The Morgan fingerprint density at radius 3 is 3.00 bits per heavy atom.